The van der Waals surface area contributed by atoms with Crippen LogP contribution in [0.15, 0.2) is 71.6 Å². The van der Waals surface area contributed by atoms with Crippen LogP contribution >= 0.6 is 0 Å². The molecule has 0 saturated heterocycles. The highest BCUT2D eigenvalue weighted by atomic mass is 32.2. The Morgan fingerprint density at radius 3 is 2.56 bits per heavy atom. The van der Waals surface area contributed by atoms with Gasteiger partial charge in [0.1, 0.15) is 12.1 Å². The third kappa shape index (κ3) is 4.56. The first-order valence-corrected chi connectivity index (χ1v) is 12.0. The maximum Gasteiger partial charge on any atom is 0.327 e. The van der Waals surface area contributed by atoms with E-state index in [4.69, 9.17) is 4.74 Å². The van der Waals surface area contributed by atoms with Crippen molar-refractivity contribution in [3.63, 3.8) is 0 Å². The number of aliphatic hydroxyl groups excluding tert-OH is 1. The van der Waals surface area contributed by atoms with Crippen molar-refractivity contribution in [3.8, 4) is 11.1 Å². The number of fused-ring (bicyclic) bond motifs is 3. The minimum absolute atomic E-state index is 0.000596. The molecule has 0 aliphatic heterocycles. The van der Waals surface area contributed by atoms with Gasteiger partial charge in [-0.1, -0.05) is 42.5 Å². The monoisotopic (exact) mass is 482 g/mol. The van der Waals surface area contributed by atoms with E-state index in [1.165, 1.54) is 24.3 Å². The Kier molecular flexibility index (Phi) is 6.47. The zero-order valence-electron chi connectivity index (χ0n) is 18.2. The Balaban J connectivity index is 1.65. The molecule has 1 aliphatic carbocycles. The van der Waals surface area contributed by atoms with E-state index < -0.39 is 33.1 Å². The number of hydrogen-bond donors (Lipinski definition) is 2. The number of nitrogens with zero attached hydrogens (tertiary/aromatic N) is 1. The third-order valence-corrected chi connectivity index (χ3v) is 7.08. The normalized spacial score (nSPS) is 14.1. The largest absolute Gasteiger partial charge is 0.465 e. The molecule has 0 amide bonds. The number of sulfonamides is 1. The number of benzene rings is 3. The first-order valence-electron chi connectivity index (χ1n) is 10.5. The van der Waals surface area contributed by atoms with E-state index in [0.29, 0.717) is 6.42 Å². The van der Waals surface area contributed by atoms with Gasteiger partial charge in [0.25, 0.3) is 5.69 Å². The van der Waals surface area contributed by atoms with Crippen molar-refractivity contribution in [2.75, 3.05) is 6.61 Å². The summed E-state index contributed by atoms with van der Waals surface area (Å²) < 4.78 is 33.6. The van der Waals surface area contributed by atoms with Gasteiger partial charge in [-0.3, -0.25) is 14.9 Å². The fraction of sp³-hybridized carbons (Fsp3) is 0.208. The smallest absolute Gasteiger partial charge is 0.327 e. The molecule has 0 heterocycles. The lowest BCUT2D eigenvalue weighted by atomic mass is 10.0. The van der Waals surface area contributed by atoms with Crippen molar-refractivity contribution in [1.29, 1.82) is 0 Å². The topological polar surface area (TPSA) is 136 Å². The molecule has 3 aromatic rings. The highest BCUT2D eigenvalue weighted by Gasteiger charge is 2.35. The molecule has 0 saturated carbocycles. The molecule has 1 aliphatic rings. The minimum Gasteiger partial charge on any atom is -0.465 e. The number of carbonyl (C=O) groups is 1. The summed E-state index contributed by atoms with van der Waals surface area (Å²) in [6.45, 7) is 1.50. The maximum atomic E-state index is 13.2. The lowest BCUT2D eigenvalue weighted by molar-refractivity contribution is -0.385. The molecule has 0 aromatic heterocycles. The summed E-state index contributed by atoms with van der Waals surface area (Å²) in [7, 11) is -4.26. The number of esters is 1. The van der Waals surface area contributed by atoms with Gasteiger partial charge in [0.15, 0.2) is 0 Å². The van der Waals surface area contributed by atoms with Crippen LogP contribution in [0.1, 0.15) is 29.7 Å². The van der Waals surface area contributed by atoms with E-state index in [1.807, 2.05) is 24.3 Å². The number of ether oxygens (including phenoxy) is 1. The van der Waals surface area contributed by atoms with Gasteiger partial charge in [0, 0.05) is 12.1 Å². The first kappa shape index (κ1) is 23.6. The standard InChI is InChI=1S/C24H22N2O7S/c1-2-33-24(28)22(23(27)16-7-5-8-18(13-16)26(29)30)25-34(31,32)19-10-11-21-17(14-19)12-15-6-3-4-9-20(15)21/h3-11,13-14,22-23,25,27H,2,12H2,1H3/t22-,23+/m0/s1. The molecule has 2 atom stereocenters. The first-order chi connectivity index (χ1) is 16.2. The molecule has 0 radical (unpaired) electrons. The highest BCUT2D eigenvalue weighted by Crippen LogP contribution is 2.37. The molecule has 0 spiro atoms. The molecule has 9 nitrogen and oxygen atoms in total. The van der Waals surface area contributed by atoms with Gasteiger partial charge in [-0.2, -0.15) is 4.72 Å². The number of aliphatic hydroxyl groups is 1. The second-order valence-corrected chi connectivity index (χ2v) is 9.51. The average Bonchev–Trinajstić information content (AvgIpc) is 3.20. The molecular formula is C24H22N2O7S. The number of hydrogen-bond acceptors (Lipinski definition) is 7. The van der Waals surface area contributed by atoms with Gasteiger partial charge in [-0.25, -0.2) is 8.42 Å². The van der Waals surface area contributed by atoms with Crippen LogP contribution in [0.5, 0.6) is 0 Å². The second kappa shape index (κ2) is 9.34. The third-order valence-electron chi connectivity index (χ3n) is 5.64. The summed E-state index contributed by atoms with van der Waals surface area (Å²) in [6.07, 6.45) is -1.14. The molecule has 0 fully saturated rings. The molecule has 0 bridgehead atoms. The Bertz CT molecular complexity index is 1370. The van der Waals surface area contributed by atoms with Crippen LogP contribution in [0, 0.1) is 10.1 Å². The number of nitro benzene ring substituents is 1. The van der Waals surface area contributed by atoms with E-state index >= 15 is 0 Å². The molecule has 2 N–H and O–H groups in total. The quantitative estimate of drug-likeness (QED) is 0.224. The zero-order chi connectivity index (χ0) is 24.5. The number of nitrogens with one attached hydrogen (secondary N) is 1. The Labute approximate surface area is 196 Å². The van der Waals surface area contributed by atoms with Gasteiger partial charge in [-0.05, 0) is 53.3 Å². The fourth-order valence-corrected chi connectivity index (χ4v) is 5.25. The summed E-state index contributed by atoms with van der Waals surface area (Å²) >= 11 is 0. The van der Waals surface area contributed by atoms with Crippen LogP contribution in [0.4, 0.5) is 5.69 Å². The van der Waals surface area contributed by atoms with E-state index in [-0.39, 0.29) is 22.8 Å². The predicted molar refractivity (Wildman–Crippen MR) is 123 cm³/mol. The molecule has 10 heteroatoms. The van der Waals surface area contributed by atoms with Crippen LogP contribution in [-0.2, 0) is 26.0 Å². The summed E-state index contributed by atoms with van der Waals surface area (Å²) in [6, 6.07) is 15.8. The predicted octanol–water partition coefficient (Wildman–Crippen LogP) is 3.11. The van der Waals surface area contributed by atoms with E-state index in [9.17, 15) is 28.4 Å². The van der Waals surface area contributed by atoms with Crippen molar-refractivity contribution < 1.29 is 28.0 Å². The van der Waals surface area contributed by atoms with Gasteiger partial charge in [0.05, 0.1) is 16.4 Å². The van der Waals surface area contributed by atoms with E-state index in [1.54, 1.807) is 19.1 Å². The number of non-ortho nitro benzene ring substituents is 1. The van der Waals surface area contributed by atoms with Crippen molar-refractivity contribution in [2.24, 2.45) is 0 Å². The van der Waals surface area contributed by atoms with Crippen molar-refractivity contribution in [1.82, 2.24) is 4.72 Å². The lowest BCUT2D eigenvalue weighted by Crippen LogP contribution is -2.45. The van der Waals surface area contributed by atoms with Crippen molar-refractivity contribution in [3.05, 3.63) is 93.5 Å². The fourth-order valence-electron chi connectivity index (χ4n) is 4.01. The highest BCUT2D eigenvalue weighted by molar-refractivity contribution is 7.89. The van der Waals surface area contributed by atoms with Crippen LogP contribution in [-0.4, -0.2) is 37.1 Å². The zero-order valence-corrected chi connectivity index (χ0v) is 19.0. The lowest BCUT2D eigenvalue weighted by Gasteiger charge is -2.23. The second-order valence-electron chi connectivity index (χ2n) is 7.80. The minimum atomic E-state index is -4.26. The van der Waals surface area contributed by atoms with Crippen LogP contribution in [0.3, 0.4) is 0 Å². The molecule has 3 aromatic carbocycles. The number of carbonyl (C=O) groups excluding carboxylic acids is 1. The van der Waals surface area contributed by atoms with Gasteiger partial charge in [-0.15, -0.1) is 0 Å². The molecule has 176 valence electrons. The summed E-state index contributed by atoms with van der Waals surface area (Å²) in [5.41, 5.74) is 3.59. The SMILES string of the molecule is CCOC(=O)[C@@H](NS(=O)(=O)c1ccc2c(c1)Cc1ccccc1-2)[C@H](O)c1cccc([N+](=O)[O-])c1. The van der Waals surface area contributed by atoms with E-state index in [0.717, 1.165) is 28.3 Å². The number of rotatable bonds is 8. The van der Waals surface area contributed by atoms with Gasteiger partial charge >= 0.3 is 5.97 Å². The maximum absolute atomic E-state index is 13.2. The summed E-state index contributed by atoms with van der Waals surface area (Å²) in [4.78, 5) is 22.9. The summed E-state index contributed by atoms with van der Waals surface area (Å²) in [5.74, 6) is -1.00. The van der Waals surface area contributed by atoms with Crippen LogP contribution in [0.2, 0.25) is 0 Å². The molecular weight excluding hydrogens is 460 g/mol. The molecule has 4 rings (SSSR count). The van der Waals surface area contributed by atoms with Crippen molar-refractivity contribution in [2.45, 2.75) is 30.4 Å². The Morgan fingerprint density at radius 2 is 1.82 bits per heavy atom. The van der Waals surface area contributed by atoms with Gasteiger partial charge < -0.3 is 9.84 Å². The van der Waals surface area contributed by atoms with Crippen LogP contribution in [0.25, 0.3) is 11.1 Å². The van der Waals surface area contributed by atoms with Crippen molar-refractivity contribution >= 4 is 21.7 Å². The Morgan fingerprint density at radius 1 is 1.09 bits per heavy atom. The Hall–Kier alpha value is -3.60. The molecule has 0 unspecified atom stereocenters. The average molecular weight is 483 g/mol. The van der Waals surface area contributed by atoms with Gasteiger partial charge in [0.2, 0.25) is 10.0 Å². The number of nitro groups is 1. The summed E-state index contributed by atoms with van der Waals surface area (Å²) in [5, 5.41) is 21.9. The molecule has 34 heavy (non-hydrogen) atoms. The van der Waals surface area contributed by atoms with E-state index in [2.05, 4.69) is 4.72 Å². The van der Waals surface area contributed by atoms with Crippen LogP contribution < -0.4 is 4.72 Å².